The lowest BCUT2D eigenvalue weighted by Crippen LogP contribution is -2.24. The van der Waals surface area contributed by atoms with Crippen molar-refractivity contribution in [2.75, 3.05) is 6.61 Å². The molecule has 0 amide bonds. The smallest absolute Gasteiger partial charge is 0.459 e. The molecule has 0 radical (unpaired) electrons. The molecule has 1 aromatic carbocycles. The number of esters is 1. The van der Waals surface area contributed by atoms with Crippen LogP contribution >= 0.6 is 0 Å². The molecule has 0 aliphatic rings. The van der Waals surface area contributed by atoms with Crippen LogP contribution in [0.2, 0.25) is 0 Å². The molecule has 0 fully saturated rings. The zero-order valence-electron chi connectivity index (χ0n) is 14.5. The Bertz CT molecular complexity index is 507. The van der Waals surface area contributed by atoms with Gasteiger partial charge < -0.3 is 14.2 Å². The van der Waals surface area contributed by atoms with Gasteiger partial charge in [0, 0.05) is 6.42 Å². The summed E-state index contributed by atoms with van der Waals surface area (Å²) >= 11 is 0. The zero-order valence-corrected chi connectivity index (χ0v) is 14.5. The van der Waals surface area contributed by atoms with E-state index in [0.29, 0.717) is 18.6 Å². The van der Waals surface area contributed by atoms with Crippen LogP contribution in [0.4, 0.5) is 4.79 Å². The first-order chi connectivity index (χ1) is 10.8. The molecule has 5 nitrogen and oxygen atoms in total. The minimum Gasteiger partial charge on any atom is -0.459 e. The van der Waals surface area contributed by atoms with E-state index in [1.54, 1.807) is 26.0 Å². The van der Waals surface area contributed by atoms with Crippen molar-refractivity contribution in [1.82, 2.24) is 0 Å². The fourth-order valence-corrected chi connectivity index (χ4v) is 1.94. The molecule has 0 aliphatic heterocycles. The Kier molecular flexibility index (Phi) is 7.59. The molecule has 0 bridgehead atoms. The molecule has 0 spiro atoms. The quantitative estimate of drug-likeness (QED) is 0.706. The molecule has 128 valence electrons. The summed E-state index contributed by atoms with van der Waals surface area (Å²) in [7, 11) is 0. The number of hydrogen-bond acceptors (Lipinski definition) is 5. The van der Waals surface area contributed by atoms with E-state index in [-0.39, 0.29) is 18.0 Å². The molecule has 0 saturated carbocycles. The molecule has 5 heteroatoms. The van der Waals surface area contributed by atoms with Crippen LogP contribution in [0, 0.1) is 12.8 Å². The third-order valence-corrected chi connectivity index (χ3v) is 3.09. The van der Waals surface area contributed by atoms with Crippen LogP contribution in [0.5, 0.6) is 0 Å². The third-order valence-electron chi connectivity index (χ3n) is 3.09. The average Bonchev–Trinajstić information content (AvgIpc) is 2.45. The predicted molar refractivity (Wildman–Crippen MR) is 87.4 cm³/mol. The van der Waals surface area contributed by atoms with Gasteiger partial charge in [-0.25, -0.2) is 9.59 Å². The second-order valence-corrected chi connectivity index (χ2v) is 6.20. The zero-order chi connectivity index (χ0) is 17.4. The molecule has 0 N–H and O–H groups in total. The first kappa shape index (κ1) is 19.0. The van der Waals surface area contributed by atoms with E-state index in [2.05, 4.69) is 0 Å². The number of carbonyl (C=O) groups is 2. The normalized spacial score (nSPS) is 13.3. The molecule has 0 aliphatic carbocycles. The van der Waals surface area contributed by atoms with E-state index in [1.807, 2.05) is 32.9 Å². The molecule has 2 atom stereocenters. The second kappa shape index (κ2) is 9.18. The van der Waals surface area contributed by atoms with Crippen molar-refractivity contribution in [3.63, 3.8) is 0 Å². The first-order valence-corrected chi connectivity index (χ1v) is 7.89. The van der Waals surface area contributed by atoms with E-state index in [1.165, 1.54) is 0 Å². The highest BCUT2D eigenvalue weighted by Crippen LogP contribution is 2.11. The van der Waals surface area contributed by atoms with Crippen LogP contribution in [0.1, 0.15) is 50.0 Å². The van der Waals surface area contributed by atoms with E-state index in [9.17, 15) is 9.59 Å². The van der Waals surface area contributed by atoms with Crippen molar-refractivity contribution in [1.29, 1.82) is 0 Å². The summed E-state index contributed by atoms with van der Waals surface area (Å²) in [6.07, 6.45) is -1.04. The fraction of sp³-hybridized carbons (Fsp3) is 0.556. The molecule has 0 aromatic heterocycles. The van der Waals surface area contributed by atoms with Crippen molar-refractivity contribution in [2.45, 2.75) is 53.2 Å². The first-order valence-electron chi connectivity index (χ1n) is 7.89. The van der Waals surface area contributed by atoms with Gasteiger partial charge in [0.05, 0.1) is 12.2 Å². The summed E-state index contributed by atoms with van der Waals surface area (Å²) in [5.74, 6) is -0.126. The Morgan fingerprint density at radius 1 is 0.957 bits per heavy atom. The summed E-state index contributed by atoms with van der Waals surface area (Å²) in [6.45, 7) is 9.68. The van der Waals surface area contributed by atoms with Crippen molar-refractivity contribution >= 4 is 12.1 Å². The molecule has 0 saturated heterocycles. The minimum atomic E-state index is -0.691. The monoisotopic (exact) mass is 322 g/mol. The highest BCUT2D eigenvalue weighted by Gasteiger charge is 2.18. The van der Waals surface area contributed by atoms with Crippen LogP contribution < -0.4 is 0 Å². The summed E-state index contributed by atoms with van der Waals surface area (Å²) in [6, 6.07) is 7.18. The van der Waals surface area contributed by atoms with Crippen LogP contribution in [-0.2, 0) is 14.2 Å². The summed E-state index contributed by atoms with van der Waals surface area (Å²) < 4.78 is 15.4. The Morgan fingerprint density at radius 2 is 1.52 bits per heavy atom. The Morgan fingerprint density at radius 3 is 2.09 bits per heavy atom. The molecule has 1 aromatic rings. The van der Waals surface area contributed by atoms with Gasteiger partial charge in [-0.2, -0.15) is 0 Å². The minimum absolute atomic E-state index is 0.257. The van der Waals surface area contributed by atoms with Crippen molar-refractivity contribution in [3.8, 4) is 0 Å². The maximum Gasteiger partial charge on any atom is 0.508 e. The maximum atomic E-state index is 12.0. The largest absolute Gasteiger partial charge is 0.508 e. The number of hydrogen-bond donors (Lipinski definition) is 0. The van der Waals surface area contributed by atoms with Gasteiger partial charge in [-0.1, -0.05) is 31.5 Å². The lowest BCUT2D eigenvalue weighted by molar-refractivity contribution is -0.00240. The average molecular weight is 322 g/mol. The van der Waals surface area contributed by atoms with Gasteiger partial charge in [0.15, 0.2) is 0 Å². The van der Waals surface area contributed by atoms with Gasteiger partial charge in [-0.3, -0.25) is 0 Å². The number of aryl methyl sites for hydroxylation is 1. The molecular formula is C18H26O5. The van der Waals surface area contributed by atoms with Crippen molar-refractivity contribution < 1.29 is 23.8 Å². The molecule has 23 heavy (non-hydrogen) atoms. The SMILES string of the molecule is Cc1ccc(C(=O)OC(C)CC(C)OC(=O)OCC(C)C)cc1. The van der Waals surface area contributed by atoms with Gasteiger partial charge in [-0.15, -0.1) is 0 Å². The van der Waals surface area contributed by atoms with Gasteiger partial charge in [0.25, 0.3) is 0 Å². The van der Waals surface area contributed by atoms with E-state index in [0.717, 1.165) is 5.56 Å². The van der Waals surface area contributed by atoms with Crippen LogP contribution in [0.25, 0.3) is 0 Å². The summed E-state index contributed by atoms with van der Waals surface area (Å²) in [5.41, 5.74) is 1.59. The Balaban J connectivity index is 2.37. The van der Waals surface area contributed by atoms with E-state index >= 15 is 0 Å². The predicted octanol–water partition coefficient (Wildman–Crippen LogP) is 4.13. The standard InChI is InChI=1S/C18H26O5/c1-12(2)11-21-18(20)23-15(5)10-14(4)22-17(19)16-8-6-13(3)7-9-16/h6-9,12,14-15H,10-11H2,1-5H3. The van der Waals surface area contributed by atoms with Crippen molar-refractivity contribution in [2.24, 2.45) is 5.92 Å². The van der Waals surface area contributed by atoms with Crippen LogP contribution in [0.15, 0.2) is 24.3 Å². The van der Waals surface area contributed by atoms with Crippen LogP contribution in [0.3, 0.4) is 0 Å². The van der Waals surface area contributed by atoms with E-state index < -0.39 is 12.3 Å². The summed E-state index contributed by atoms with van der Waals surface area (Å²) in [5, 5.41) is 0. The Labute approximate surface area is 137 Å². The van der Waals surface area contributed by atoms with E-state index in [4.69, 9.17) is 14.2 Å². The highest BCUT2D eigenvalue weighted by atomic mass is 16.7. The molecule has 2 unspecified atom stereocenters. The Hall–Kier alpha value is -2.04. The molecule has 0 heterocycles. The van der Waals surface area contributed by atoms with Gasteiger partial charge in [0.2, 0.25) is 0 Å². The maximum absolute atomic E-state index is 12.0. The number of carbonyl (C=O) groups excluding carboxylic acids is 2. The number of benzene rings is 1. The van der Waals surface area contributed by atoms with Gasteiger partial charge in [0.1, 0.15) is 12.2 Å². The van der Waals surface area contributed by atoms with Gasteiger partial charge in [-0.05, 0) is 38.8 Å². The lowest BCUT2D eigenvalue weighted by Gasteiger charge is -2.18. The molecule has 1 rings (SSSR count). The number of ether oxygens (including phenoxy) is 3. The topological polar surface area (TPSA) is 61.8 Å². The third kappa shape index (κ3) is 7.68. The highest BCUT2D eigenvalue weighted by molar-refractivity contribution is 5.89. The van der Waals surface area contributed by atoms with Gasteiger partial charge >= 0.3 is 12.1 Å². The summed E-state index contributed by atoms with van der Waals surface area (Å²) in [4.78, 5) is 23.5. The number of rotatable bonds is 7. The second-order valence-electron chi connectivity index (χ2n) is 6.20. The fourth-order valence-electron chi connectivity index (χ4n) is 1.94. The van der Waals surface area contributed by atoms with Crippen molar-refractivity contribution in [3.05, 3.63) is 35.4 Å². The lowest BCUT2D eigenvalue weighted by atomic mass is 10.1. The van der Waals surface area contributed by atoms with Crippen LogP contribution in [-0.4, -0.2) is 30.9 Å². The molecular weight excluding hydrogens is 296 g/mol.